The number of nitriles is 1. The number of benzene rings is 1. The van der Waals surface area contributed by atoms with Crippen molar-refractivity contribution in [2.45, 2.75) is 44.8 Å². The predicted octanol–water partition coefficient (Wildman–Crippen LogP) is 3.39. The number of carbonyl (C=O) groups excluding carboxylic acids is 1. The summed E-state index contributed by atoms with van der Waals surface area (Å²) < 4.78 is 10.4. The summed E-state index contributed by atoms with van der Waals surface area (Å²) in [6, 6.07) is 11.2. The molecule has 1 rings (SSSR count). The predicted molar refractivity (Wildman–Crippen MR) is 75.8 cm³/mol. The van der Waals surface area contributed by atoms with Gasteiger partial charge in [-0.3, -0.25) is 0 Å². The van der Waals surface area contributed by atoms with Gasteiger partial charge in [0.25, 0.3) is 0 Å². The van der Waals surface area contributed by atoms with Gasteiger partial charge in [-0.05, 0) is 18.4 Å². The fourth-order valence-electron chi connectivity index (χ4n) is 1.93. The second kappa shape index (κ2) is 9.11. The Morgan fingerprint density at radius 2 is 2.00 bits per heavy atom. The minimum absolute atomic E-state index is 0.512. The lowest BCUT2D eigenvalue weighted by atomic mass is 10.1. The molecule has 0 aliphatic rings. The Balaban J connectivity index is 2.61. The third-order valence-electron chi connectivity index (χ3n) is 3.02. The summed E-state index contributed by atoms with van der Waals surface area (Å²) in [7, 11) is 1.46. The van der Waals surface area contributed by atoms with E-state index in [0.29, 0.717) is 6.42 Å². The normalized spacial score (nSPS) is 13.2. The third kappa shape index (κ3) is 5.02. The molecule has 2 atom stereocenters. The first-order valence-electron chi connectivity index (χ1n) is 6.90. The van der Waals surface area contributed by atoms with E-state index in [0.717, 1.165) is 24.8 Å². The van der Waals surface area contributed by atoms with Crippen molar-refractivity contribution in [3.8, 4) is 6.07 Å². The van der Waals surface area contributed by atoms with Crippen molar-refractivity contribution >= 4 is 5.97 Å². The van der Waals surface area contributed by atoms with Crippen molar-refractivity contribution in [3.05, 3.63) is 35.9 Å². The Morgan fingerprint density at radius 3 is 2.55 bits per heavy atom. The number of rotatable bonds is 8. The fourth-order valence-corrected chi connectivity index (χ4v) is 1.93. The van der Waals surface area contributed by atoms with Crippen molar-refractivity contribution in [1.29, 1.82) is 5.26 Å². The number of esters is 1. The molecule has 20 heavy (non-hydrogen) atoms. The standard InChI is InChI=1S/C16H21NO3/c1-3-4-6-11-14(12-17)20-16(18)15(19-2)13-9-7-5-8-10-13/h5,7-10,14-15H,3-4,6,11H2,1-2H3/t14-,15-/m1/s1. The van der Waals surface area contributed by atoms with Crippen LogP contribution in [0.3, 0.4) is 0 Å². The monoisotopic (exact) mass is 275 g/mol. The van der Waals surface area contributed by atoms with Crippen LogP contribution in [0.15, 0.2) is 30.3 Å². The Bertz CT molecular complexity index is 439. The molecule has 0 radical (unpaired) electrons. The van der Waals surface area contributed by atoms with Crippen LogP contribution in [0.25, 0.3) is 0 Å². The van der Waals surface area contributed by atoms with Crippen LogP contribution in [0.1, 0.15) is 44.3 Å². The number of hydrogen-bond donors (Lipinski definition) is 0. The van der Waals surface area contributed by atoms with E-state index in [1.807, 2.05) is 24.3 Å². The number of carbonyl (C=O) groups is 1. The lowest BCUT2D eigenvalue weighted by Gasteiger charge is -2.17. The zero-order valence-electron chi connectivity index (χ0n) is 12.0. The molecule has 0 saturated carbocycles. The molecule has 0 fully saturated rings. The van der Waals surface area contributed by atoms with E-state index in [1.54, 1.807) is 12.1 Å². The molecule has 0 saturated heterocycles. The molecule has 0 aromatic heterocycles. The minimum atomic E-state index is -0.779. The smallest absolute Gasteiger partial charge is 0.341 e. The number of methoxy groups -OCH3 is 1. The van der Waals surface area contributed by atoms with Crippen molar-refractivity contribution in [2.75, 3.05) is 7.11 Å². The molecular formula is C16H21NO3. The minimum Gasteiger partial charge on any atom is -0.445 e. The van der Waals surface area contributed by atoms with Gasteiger partial charge in [-0.25, -0.2) is 4.79 Å². The molecule has 0 N–H and O–H groups in total. The summed E-state index contributed by atoms with van der Waals surface area (Å²) in [5.41, 5.74) is 0.727. The average Bonchev–Trinajstić information content (AvgIpc) is 2.48. The highest BCUT2D eigenvalue weighted by molar-refractivity contribution is 5.76. The zero-order valence-corrected chi connectivity index (χ0v) is 12.0. The molecule has 0 unspecified atom stereocenters. The number of nitrogens with zero attached hydrogens (tertiary/aromatic N) is 1. The van der Waals surface area contributed by atoms with Gasteiger partial charge in [0.05, 0.1) is 0 Å². The topological polar surface area (TPSA) is 59.3 Å². The van der Waals surface area contributed by atoms with Crippen LogP contribution >= 0.6 is 0 Å². The highest BCUT2D eigenvalue weighted by Crippen LogP contribution is 2.19. The van der Waals surface area contributed by atoms with Crippen LogP contribution in [-0.2, 0) is 14.3 Å². The highest BCUT2D eigenvalue weighted by atomic mass is 16.6. The first-order valence-corrected chi connectivity index (χ1v) is 6.90. The number of ether oxygens (including phenoxy) is 2. The van der Waals surface area contributed by atoms with Crippen LogP contribution in [-0.4, -0.2) is 19.2 Å². The maximum atomic E-state index is 12.1. The van der Waals surface area contributed by atoms with Gasteiger partial charge in [-0.1, -0.05) is 50.1 Å². The number of hydrogen-bond acceptors (Lipinski definition) is 4. The van der Waals surface area contributed by atoms with Crippen LogP contribution < -0.4 is 0 Å². The summed E-state index contributed by atoms with van der Waals surface area (Å²) >= 11 is 0. The second-order valence-corrected chi connectivity index (χ2v) is 4.58. The lowest BCUT2D eigenvalue weighted by molar-refractivity contribution is -0.159. The molecule has 0 spiro atoms. The largest absolute Gasteiger partial charge is 0.445 e. The van der Waals surface area contributed by atoms with Crippen molar-refractivity contribution in [2.24, 2.45) is 0 Å². The average molecular weight is 275 g/mol. The van der Waals surface area contributed by atoms with Crippen molar-refractivity contribution in [3.63, 3.8) is 0 Å². The van der Waals surface area contributed by atoms with E-state index in [9.17, 15) is 4.79 Å². The first kappa shape index (κ1) is 16.2. The number of unbranched alkanes of at least 4 members (excludes halogenated alkanes) is 2. The summed E-state index contributed by atoms with van der Waals surface area (Å²) in [5.74, 6) is -0.512. The summed E-state index contributed by atoms with van der Waals surface area (Å²) in [5, 5.41) is 9.03. The van der Waals surface area contributed by atoms with Gasteiger partial charge in [-0.15, -0.1) is 0 Å². The maximum absolute atomic E-state index is 12.1. The van der Waals surface area contributed by atoms with Crippen LogP contribution in [0, 0.1) is 11.3 Å². The van der Waals surface area contributed by atoms with Gasteiger partial charge < -0.3 is 9.47 Å². The third-order valence-corrected chi connectivity index (χ3v) is 3.02. The Hall–Kier alpha value is -1.86. The Kier molecular flexibility index (Phi) is 7.38. The fraction of sp³-hybridized carbons (Fsp3) is 0.500. The van der Waals surface area contributed by atoms with E-state index in [2.05, 4.69) is 6.92 Å². The quantitative estimate of drug-likeness (QED) is 0.539. The molecule has 108 valence electrons. The van der Waals surface area contributed by atoms with E-state index in [-0.39, 0.29) is 0 Å². The summed E-state index contributed by atoms with van der Waals surface area (Å²) in [6.45, 7) is 2.09. The van der Waals surface area contributed by atoms with Gasteiger partial charge >= 0.3 is 5.97 Å². The molecule has 4 heteroatoms. The molecule has 4 nitrogen and oxygen atoms in total. The SMILES string of the molecule is CCCCC[C@H](C#N)OC(=O)[C@H](OC)c1ccccc1. The van der Waals surface area contributed by atoms with Gasteiger partial charge in [0.15, 0.2) is 12.2 Å². The van der Waals surface area contributed by atoms with E-state index >= 15 is 0 Å². The lowest BCUT2D eigenvalue weighted by Crippen LogP contribution is -2.23. The van der Waals surface area contributed by atoms with Gasteiger partial charge in [0.1, 0.15) is 6.07 Å². The molecule has 0 heterocycles. The van der Waals surface area contributed by atoms with E-state index in [4.69, 9.17) is 14.7 Å². The van der Waals surface area contributed by atoms with Crippen LogP contribution in [0.2, 0.25) is 0 Å². The molecule has 1 aromatic carbocycles. The molecule has 0 aliphatic heterocycles. The van der Waals surface area contributed by atoms with Gasteiger partial charge in [0.2, 0.25) is 0 Å². The molecular weight excluding hydrogens is 254 g/mol. The van der Waals surface area contributed by atoms with E-state index in [1.165, 1.54) is 7.11 Å². The first-order chi connectivity index (χ1) is 9.72. The van der Waals surface area contributed by atoms with Crippen molar-refractivity contribution in [1.82, 2.24) is 0 Å². The van der Waals surface area contributed by atoms with Crippen molar-refractivity contribution < 1.29 is 14.3 Å². The maximum Gasteiger partial charge on any atom is 0.341 e. The highest BCUT2D eigenvalue weighted by Gasteiger charge is 2.24. The Morgan fingerprint density at radius 1 is 1.30 bits per heavy atom. The molecule has 0 amide bonds. The molecule has 1 aromatic rings. The van der Waals surface area contributed by atoms with Crippen LogP contribution in [0.5, 0.6) is 0 Å². The second-order valence-electron chi connectivity index (χ2n) is 4.58. The van der Waals surface area contributed by atoms with Gasteiger partial charge in [0, 0.05) is 7.11 Å². The Labute approximate surface area is 120 Å². The van der Waals surface area contributed by atoms with Crippen LogP contribution in [0.4, 0.5) is 0 Å². The zero-order chi connectivity index (χ0) is 14.8. The molecule has 0 aliphatic carbocycles. The summed E-state index contributed by atoms with van der Waals surface area (Å²) in [4.78, 5) is 12.1. The molecule has 0 bridgehead atoms. The van der Waals surface area contributed by atoms with E-state index < -0.39 is 18.2 Å². The van der Waals surface area contributed by atoms with Gasteiger partial charge in [-0.2, -0.15) is 5.26 Å². The summed E-state index contributed by atoms with van der Waals surface area (Å²) in [6.07, 6.45) is 2.07.